The minimum Gasteiger partial charge on any atom is -0.378 e. The third-order valence-corrected chi connectivity index (χ3v) is 2.35. The number of fused-ring (bicyclic) bond motifs is 1. The van der Waals surface area contributed by atoms with Crippen molar-refractivity contribution in [3.8, 4) is 0 Å². The van der Waals surface area contributed by atoms with Crippen molar-refractivity contribution in [2.24, 2.45) is 0 Å². The van der Waals surface area contributed by atoms with Gasteiger partial charge in [0.25, 0.3) is 5.91 Å². The predicted octanol–water partition coefficient (Wildman–Crippen LogP) is 0.738. The first-order valence-electron chi connectivity index (χ1n) is 4.40. The topological polar surface area (TPSA) is 52.6 Å². The van der Waals surface area contributed by atoms with E-state index in [1.54, 1.807) is 6.07 Å². The van der Waals surface area contributed by atoms with E-state index in [-0.39, 0.29) is 5.91 Å². The Morgan fingerprint density at radius 2 is 2.14 bits per heavy atom. The van der Waals surface area contributed by atoms with Gasteiger partial charge in [0.2, 0.25) is 0 Å². The molecule has 74 valence electrons. The van der Waals surface area contributed by atoms with Gasteiger partial charge in [-0.25, -0.2) is 0 Å². The van der Waals surface area contributed by atoms with Crippen molar-refractivity contribution in [1.29, 1.82) is 0 Å². The lowest BCUT2D eigenvalue weighted by molar-refractivity contribution is -0.123. The van der Waals surface area contributed by atoms with Gasteiger partial charge in [-0.2, -0.15) is 0 Å². The summed E-state index contributed by atoms with van der Waals surface area (Å²) in [6.45, 7) is 0. The third kappa shape index (κ3) is 1.24. The number of aliphatic hydroxyl groups excluding tert-OH is 1. The number of carbonyl (C=O) groups excluding carboxylic acids is 1. The van der Waals surface area contributed by atoms with Gasteiger partial charge in [0.1, 0.15) is 0 Å². The molecule has 0 bridgehead atoms. The molecule has 0 fully saturated rings. The first-order valence-corrected chi connectivity index (χ1v) is 4.40. The van der Waals surface area contributed by atoms with E-state index in [0.29, 0.717) is 11.3 Å². The van der Waals surface area contributed by atoms with Crippen molar-refractivity contribution in [2.45, 2.75) is 6.10 Å². The maximum Gasteiger partial charge on any atom is 0.257 e. The zero-order chi connectivity index (χ0) is 10.3. The van der Waals surface area contributed by atoms with Gasteiger partial charge in [0, 0.05) is 31.0 Å². The summed E-state index contributed by atoms with van der Waals surface area (Å²) in [5.41, 5.74) is 2.35. The highest BCUT2D eigenvalue weighted by Crippen LogP contribution is 2.33. The van der Waals surface area contributed by atoms with Gasteiger partial charge in [-0.1, -0.05) is 6.07 Å². The Hall–Kier alpha value is -1.55. The van der Waals surface area contributed by atoms with Crippen molar-refractivity contribution in [2.75, 3.05) is 24.3 Å². The molecule has 14 heavy (non-hydrogen) atoms. The van der Waals surface area contributed by atoms with Gasteiger partial charge in [-0.15, -0.1) is 0 Å². The van der Waals surface area contributed by atoms with Crippen LogP contribution >= 0.6 is 0 Å². The van der Waals surface area contributed by atoms with Gasteiger partial charge < -0.3 is 15.3 Å². The number of carbonyl (C=O) groups is 1. The normalized spacial score (nSPS) is 19.1. The van der Waals surface area contributed by atoms with E-state index in [1.807, 2.05) is 31.1 Å². The maximum absolute atomic E-state index is 11.1. The smallest absolute Gasteiger partial charge is 0.257 e. The number of anilines is 2. The molecule has 1 unspecified atom stereocenters. The zero-order valence-corrected chi connectivity index (χ0v) is 8.11. The van der Waals surface area contributed by atoms with Gasteiger partial charge in [0.05, 0.1) is 0 Å². The molecule has 0 saturated heterocycles. The van der Waals surface area contributed by atoms with Crippen molar-refractivity contribution < 1.29 is 9.90 Å². The molecule has 0 aromatic heterocycles. The molecule has 1 aromatic rings. The van der Waals surface area contributed by atoms with E-state index in [4.69, 9.17) is 0 Å². The van der Waals surface area contributed by atoms with Crippen LogP contribution in [0.5, 0.6) is 0 Å². The molecular formula is C10H12N2O2. The molecule has 1 aromatic carbocycles. The van der Waals surface area contributed by atoms with Crippen LogP contribution < -0.4 is 10.2 Å². The number of aliphatic hydroxyl groups is 1. The largest absolute Gasteiger partial charge is 0.378 e. The van der Waals surface area contributed by atoms with Gasteiger partial charge in [0.15, 0.2) is 6.10 Å². The van der Waals surface area contributed by atoms with Gasteiger partial charge in [-0.05, 0) is 12.1 Å². The van der Waals surface area contributed by atoms with Crippen molar-refractivity contribution >= 4 is 17.3 Å². The molecule has 2 rings (SSSR count). The van der Waals surface area contributed by atoms with Crippen LogP contribution in [0.3, 0.4) is 0 Å². The van der Waals surface area contributed by atoms with E-state index < -0.39 is 6.10 Å². The summed E-state index contributed by atoms with van der Waals surface area (Å²) in [6.07, 6.45) is -1.01. The Morgan fingerprint density at radius 3 is 2.79 bits per heavy atom. The molecule has 4 heteroatoms. The molecule has 0 saturated carbocycles. The number of rotatable bonds is 1. The zero-order valence-electron chi connectivity index (χ0n) is 8.11. The van der Waals surface area contributed by atoms with Crippen LogP contribution in [0.25, 0.3) is 0 Å². The molecule has 4 nitrogen and oxygen atoms in total. The Morgan fingerprint density at radius 1 is 1.43 bits per heavy atom. The Balaban J connectivity index is 2.44. The second kappa shape index (κ2) is 2.99. The number of hydrogen-bond acceptors (Lipinski definition) is 3. The van der Waals surface area contributed by atoms with E-state index in [9.17, 15) is 9.90 Å². The summed E-state index contributed by atoms with van der Waals surface area (Å²) in [5, 5.41) is 12.1. The molecule has 0 aliphatic carbocycles. The monoisotopic (exact) mass is 192 g/mol. The molecule has 0 spiro atoms. The minimum absolute atomic E-state index is 0.351. The summed E-state index contributed by atoms with van der Waals surface area (Å²) < 4.78 is 0. The standard InChI is InChI=1S/C10H12N2O2/c1-12(2)6-3-4-7-8(5-6)11-10(14)9(7)13/h3-5,9,13H,1-2H3,(H,11,14). The fourth-order valence-corrected chi connectivity index (χ4v) is 1.51. The number of hydrogen-bond donors (Lipinski definition) is 2. The number of benzene rings is 1. The highest BCUT2D eigenvalue weighted by molar-refractivity contribution is 6.02. The summed E-state index contributed by atoms with van der Waals surface area (Å²) in [4.78, 5) is 13.1. The lowest BCUT2D eigenvalue weighted by Crippen LogP contribution is -2.10. The lowest BCUT2D eigenvalue weighted by atomic mass is 10.1. The fraction of sp³-hybridized carbons (Fsp3) is 0.300. The quantitative estimate of drug-likeness (QED) is 0.690. The number of amides is 1. The van der Waals surface area contributed by atoms with E-state index >= 15 is 0 Å². The summed E-state index contributed by atoms with van der Waals surface area (Å²) >= 11 is 0. The fourth-order valence-electron chi connectivity index (χ4n) is 1.51. The van der Waals surface area contributed by atoms with Crippen LogP contribution in [0.4, 0.5) is 11.4 Å². The molecule has 1 amide bonds. The molecule has 1 atom stereocenters. The minimum atomic E-state index is -1.01. The second-order valence-corrected chi connectivity index (χ2v) is 3.56. The van der Waals surface area contributed by atoms with Crippen LogP contribution in [0.1, 0.15) is 11.7 Å². The second-order valence-electron chi connectivity index (χ2n) is 3.56. The molecule has 1 heterocycles. The maximum atomic E-state index is 11.1. The molecule has 2 N–H and O–H groups in total. The average molecular weight is 192 g/mol. The third-order valence-electron chi connectivity index (χ3n) is 2.35. The average Bonchev–Trinajstić information content (AvgIpc) is 2.42. The SMILES string of the molecule is CN(C)c1ccc2c(c1)NC(=O)C2O. The summed E-state index contributed by atoms with van der Waals surface area (Å²) in [7, 11) is 3.85. The number of nitrogens with one attached hydrogen (secondary N) is 1. The van der Waals surface area contributed by atoms with Crippen molar-refractivity contribution in [3.05, 3.63) is 23.8 Å². The predicted molar refractivity (Wildman–Crippen MR) is 54.4 cm³/mol. The molecular weight excluding hydrogens is 180 g/mol. The first kappa shape index (κ1) is 9.02. The summed E-state index contributed by atoms with van der Waals surface area (Å²) in [5.74, 6) is -0.351. The van der Waals surface area contributed by atoms with Crippen LogP contribution in [-0.4, -0.2) is 25.1 Å². The lowest BCUT2D eigenvalue weighted by Gasteiger charge is -2.13. The Bertz CT molecular complexity index is 388. The Kier molecular flexibility index (Phi) is 1.93. The Labute approximate surface area is 82.2 Å². The number of nitrogens with zero attached hydrogens (tertiary/aromatic N) is 1. The van der Waals surface area contributed by atoms with Crippen LogP contribution in [0, 0.1) is 0 Å². The van der Waals surface area contributed by atoms with E-state index in [0.717, 1.165) is 5.69 Å². The highest BCUT2D eigenvalue weighted by atomic mass is 16.3. The summed E-state index contributed by atoms with van der Waals surface area (Å²) in [6, 6.07) is 5.50. The van der Waals surface area contributed by atoms with Crippen LogP contribution in [0.15, 0.2) is 18.2 Å². The van der Waals surface area contributed by atoms with E-state index in [2.05, 4.69) is 5.32 Å². The van der Waals surface area contributed by atoms with Crippen molar-refractivity contribution in [3.63, 3.8) is 0 Å². The van der Waals surface area contributed by atoms with Crippen LogP contribution in [0.2, 0.25) is 0 Å². The van der Waals surface area contributed by atoms with E-state index in [1.165, 1.54) is 0 Å². The highest BCUT2D eigenvalue weighted by Gasteiger charge is 2.28. The first-order chi connectivity index (χ1) is 6.59. The van der Waals surface area contributed by atoms with Gasteiger partial charge in [-0.3, -0.25) is 4.79 Å². The van der Waals surface area contributed by atoms with Crippen LogP contribution in [-0.2, 0) is 4.79 Å². The van der Waals surface area contributed by atoms with Gasteiger partial charge >= 0.3 is 0 Å². The molecule has 1 aliphatic heterocycles. The molecule has 1 aliphatic rings. The molecule has 0 radical (unpaired) electrons. The van der Waals surface area contributed by atoms with Crippen molar-refractivity contribution in [1.82, 2.24) is 0 Å².